The van der Waals surface area contributed by atoms with Gasteiger partial charge >= 0.3 is 0 Å². The topological polar surface area (TPSA) is 88.3 Å². The van der Waals surface area contributed by atoms with Gasteiger partial charge in [0.15, 0.2) is 11.6 Å². The second-order valence-electron chi connectivity index (χ2n) is 6.76. The van der Waals surface area contributed by atoms with Crippen LogP contribution in [-0.2, 0) is 4.79 Å². The summed E-state index contributed by atoms with van der Waals surface area (Å²) in [6.07, 6.45) is 4.74. The monoisotopic (exact) mass is 442 g/mol. The predicted octanol–water partition coefficient (Wildman–Crippen LogP) is 4.80. The molecule has 154 valence electrons. The summed E-state index contributed by atoms with van der Waals surface area (Å²) in [6.45, 7) is 2.41. The number of aromatic nitrogens is 2. The molecule has 9 heteroatoms. The fourth-order valence-electron chi connectivity index (χ4n) is 3.35. The number of benzene rings is 1. The Labute approximate surface area is 182 Å². The van der Waals surface area contributed by atoms with Crippen LogP contribution in [0.3, 0.4) is 0 Å². The lowest BCUT2D eigenvalue weighted by Gasteiger charge is -2.18. The molecule has 3 heterocycles. The zero-order valence-corrected chi connectivity index (χ0v) is 18.0. The Kier molecular flexibility index (Phi) is 5.78. The second kappa shape index (κ2) is 8.49. The van der Waals surface area contributed by atoms with Crippen LogP contribution in [0.25, 0.3) is 11.6 Å². The SMILES string of the molecule is CSc1nc(-c2ccco2)nc(C)c1C(=O)Nc1cc(N2CCCC2=O)ccc1Cl. The number of thioether (sulfide) groups is 1. The van der Waals surface area contributed by atoms with E-state index in [-0.39, 0.29) is 11.8 Å². The third-order valence-electron chi connectivity index (χ3n) is 4.80. The summed E-state index contributed by atoms with van der Waals surface area (Å²) >= 11 is 7.66. The third kappa shape index (κ3) is 3.93. The quantitative estimate of drug-likeness (QED) is 0.451. The lowest BCUT2D eigenvalue weighted by atomic mass is 10.2. The largest absolute Gasteiger partial charge is 0.461 e. The number of carbonyl (C=O) groups excluding carboxylic acids is 2. The molecule has 1 aromatic carbocycles. The Morgan fingerprint density at radius 3 is 2.80 bits per heavy atom. The summed E-state index contributed by atoms with van der Waals surface area (Å²) in [7, 11) is 0. The summed E-state index contributed by atoms with van der Waals surface area (Å²) in [5, 5.41) is 3.77. The molecule has 0 spiro atoms. The van der Waals surface area contributed by atoms with E-state index in [2.05, 4.69) is 15.3 Å². The number of carbonyl (C=O) groups is 2. The van der Waals surface area contributed by atoms with E-state index in [1.165, 1.54) is 11.8 Å². The average molecular weight is 443 g/mol. The Morgan fingerprint density at radius 1 is 1.30 bits per heavy atom. The molecule has 0 saturated carbocycles. The van der Waals surface area contributed by atoms with E-state index in [0.29, 0.717) is 57.2 Å². The predicted molar refractivity (Wildman–Crippen MR) is 117 cm³/mol. The van der Waals surface area contributed by atoms with Crippen LogP contribution >= 0.6 is 23.4 Å². The van der Waals surface area contributed by atoms with Crippen molar-refractivity contribution in [1.29, 1.82) is 0 Å². The van der Waals surface area contributed by atoms with Crippen molar-refractivity contribution in [3.8, 4) is 11.6 Å². The smallest absolute Gasteiger partial charge is 0.260 e. The molecule has 1 saturated heterocycles. The van der Waals surface area contributed by atoms with Crippen molar-refractivity contribution in [2.45, 2.75) is 24.8 Å². The molecule has 3 aromatic rings. The fraction of sp³-hybridized carbons (Fsp3) is 0.238. The number of nitrogens with zero attached hydrogens (tertiary/aromatic N) is 3. The van der Waals surface area contributed by atoms with Crippen LogP contribution in [0.4, 0.5) is 11.4 Å². The molecule has 1 N–H and O–H groups in total. The zero-order valence-electron chi connectivity index (χ0n) is 16.4. The molecular weight excluding hydrogens is 424 g/mol. The van der Waals surface area contributed by atoms with Crippen molar-refractivity contribution in [3.05, 3.63) is 52.9 Å². The molecule has 30 heavy (non-hydrogen) atoms. The number of furan rings is 1. The van der Waals surface area contributed by atoms with Gasteiger partial charge in [-0.2, -0.15) is 0 Å². The van der Waals surface area contributed by atoms with E-state index >= 15 is 0 Å². The van der Waals surface area contributed by atoms with E-state index in [4.69, 9.17) is 16.0 Å². The van der Waals surface area contributed by atoms with Gasteiger partial charge in [0.2, 0.25) is 5.91 Å². The summed E-state index contributed by atoms with van der Waals surface area (Å²) in [5.74, 6) is 0.657. The van der Waals surface area contributed by atoms with Gasteiger partial charge in [-0.15, -0.1) is 11.8 Å². The molecule has 0 bridgehead atoms. The van der Waals surface area contributed by atoms with E-state index < -0.39 is 0 Å². The highest BCUT2D eigenvalue weighted by molar-refractivity contribution is 7.98. The molecule has 0 aliphatic carbocycles. The lowest BCUT2D eigenvalue weighted by molar-refractivity contribution is -0.117. The van der Waals surface area contributed by atoms with Crippen molar-refractivity contribution in [3.63, 3.8) is 0 Å². The maximum absolute atomic E-state index is 13.1. The van der Waals surface area contributed by atoms with Gasteiger partial charge in [-0.3, -0.25) is 9.59 Å². The molecule has 1 aliphatic heterocycles. The van der Waals surface area contributed by atoms with E-state index in [0.717, 1.165) is 6.42 Å². The average Bonchev–Trinajstić information content (AvgIpc) is 3.41. The molecule has 0 atom stereocenters. The first-order chi connectivity index (χ1) is 14.5. The van der Waals surface area contributed by atoms with Crippen LogP contribution in [0.2, 0.25) is 5.02 Å². The van der Waals surface area contributed by atoms with Crippen molar-refractivity contribution in [1.82, 2.24) is 9.97 Å². The van der Waals surface area contributed by atoms with Crippen molar-refractivity contribution >= 4 is 46.6 Å². The van der Waals surface area contributed by atoms with Crippen molar-refractivity contribution in [2.75, 3.05) is 23.0 Å². The maximum atomic E-state index is 13.1. The summed E-state index contributed by atoms with van der Waals surface area (Å²) in [4.78, 5) is 35.8. The Bertz CT molecular complexity index is 1120. The first-order valence-corrected chi connectivity index (χ1v) is 11.0. The number of halogens is 1. The van der Waals surface area contributed by atoms with Gasteiger partial charge in [-0.05, 0) is 49.9 Å². The molecule has 1 fully saturated rings. The van der Waals surface area contributed by atoms with Crippen LogP contribution in [0.1, 0.15) is 28.9 Å². The highest BCUT2D eigenvalue weighted by Crippen LogP contribution is 2.31. The zero-order chi connectivity index (χ0) is 21.3. The lowest BCUT2D eigenvalue weighted by Crippen LogP contribution is -2.24. The second-order valence-corrected chi connectivity index (χ2v) is 7.96. The van der Waals surface area contributed by atoms with Crippen LogP contribution in [0.5, 0.6) is 0 Å². The Hall–Kier alpha value is -2.84. The van der Waals surface area contributed by atoms with Crippen LogP contribution in [0.15, 0.2) is 46.0 Å². The van der Waals surface area contributed by atoms with Gasteiger partial charge in [0.05, 0.1) is 28.2 Å². The molecule has 0 unspecified atom stereocenters. The van der Waals surface area contributed by atoms with Crippen molar-refractivity contribution in [2.24, 2.45) is 0 Å². The summed E-state index contributed by atoms with van der Waals surface area (Å²) < 4.78 is 5.37. The van der Waals surface area contributed by atoms with Crippen molar-refractivity contribution < 1.29 is 14.0 Å². The highest BCUT2D eigenvalue weighted by Gasteiger charge is 2.24. The minimum Gasteiger partial charge on any atom is -0.461 e. The van der Waals surface area contributed by atoms with Gasteiger partial charge < -0.3 is 14.6 Å². The van der Waals surface area contributed by atoms with Gasteiger partial charge in [0.25, 0.3) is 5.91 Å². The standard InChI is InChI=1S/C21H19ClN4O3S/c1-12-18(21(30-2)25-19(23-12)16-5-4-10-29-16)20(28)24-15-11-13(7-8-14(15)22)26-9-3-6-17(26)27/h4-5,7-8,10-11H,3,6,9H2,1-2H3,(H,24,28). The Morgan fingerprint density at radius 2 is 2.13 bits per heavy atom. The number of rotatable bonds is 5. The minimum absolute atomic E-state index is 0.0667. The van der Waals surface area contributed by atoms with Gasteiger partial charge in [0.1, 0.15) is 5.03 Å². The number of nitrogens with one attached hydrogen (secondary N) is 1. The molecule has 7 nitrogen and oxygen atoms in total. The highest BCUT2D eigenvalue weighted by atomic mass is 35.5. The van der Waals surface area contributed by atoms with E-state index in [1.54, 1.807) is 48.4 Å². The molecule has 0 radical (unpaired) electrons. The number of hydrogen-bond acceptors (Lipinski definition) is 6. The molecular formula is C21H19ClN4O3S. The van der Waals surface area contributed by atoms with Crippen LogP contribution in [-0.4, -0.2) is 34.6 Å². The molecule has 2 aromatic heterocycles. The molecule has 2 amide bonds. The number of hydrogen-bond donors (Lipinski definition) is 1. The number of anilines is 2. The normalized spacial score (nSPS) is 13.7. The Balaban J connectivity index is 1.65. The minimum atomic E-state index is -0.366. The van der Waals surface area contributed by atoms with Gasteiger partial charge in [-0.25, -0.2) is 9.97 Å². The number of amides is 2. The third-order valence-corrected chi connectivity index (χ3v) is 5.81. The van der Waals surface area contributed by atoms with Gasteiger partial charge in [-0.1, -0.05) is 11.6 Å². The molecule has 1 aliphatic rings. The summed E-state index contributed by atoms with van der Waals surface area (Å²) in [5.41, 5.74) is 2.04. The van der Waals surface area contributed by atoms with Gasteiger partial charge in [0, 0.05) is 18.7 Å². The van der Waals surface area contributed by atoms with E-state index in [1.807, 2.05) is 6.26 Å². The van der Waals surface area contributed by atoms with Crippen LogP contribution in [0, 0.1) is 6.92 Å². The van der Waals surface area contributed by atoms with Crippen LogP contribution < -0.4 is 10.2 Å². The maximum Gasteiger partial charge on any atom is 0.260 e. The van der Waals surface area contributed by atoms with E-state index in [9.17, 15) is 9.59 Å². The molecule has 4 rings (SSSR count). The number of aryl methyl sites for hydroxylation is 1. The first kappa shape index (κ1) is 20.4. The summed E-state index contributed by atoms with van der Waals surface area (Å²) in [6, 6.07) is 8.70. The fourth-order valence-corrected chi connectivity index (χ4v) is 4.14. The first-order valence-electron chi connectivity index (χ1n) is 9.35.